The van der Waals surface area contributed by atoms with Crippen molar-refractivity contribution < 1.29 is 18.9 Å². The number of nitrogen functional groups attached to an aromatic ring is 1. The monoisotopic (exact) mass is 942 g/mol. The number of ether oxygens (including phenoxy) is 4. The summed E-state index contributed by atoms with van der Waals surface area (Å²) in [6.45, 7) is 3.93. The zero-order valence-electron chi connectivity index (χ0n) is 34.5. The van der Waals surface area contributed by atoms with Crippen molar-refractivity contribution >= 4 is 96.7 Å². The van der Waals surface area contributed by atoms with E-state index in [2.05, 4.69) is 39.9 Å². The van der Waals surface area contributed by atoms with Gasteiger partial charge in [0.05, 0.1) is 54.1 Å². The van der Waals surface area contributed by atoms with Crippen molar-refractivity contribution in [3.8, 4) is 34.8 Å². The highest BCUT2D eigenvalue weighted by molar-refractivity contribution is 7.99. The van der Waals surface area contributed by atoms with Gasteiger partial charge in [0.1, 0.15) is 51.2 Å². The van der Waals surface area contributed by atoms with Crippen LogP contribution in [0.3, 0.4) is 0 Å². The predicted octanol–water partition coefficient (Wildman–Crippen LogP) is 9.81. The minimum Gasteiger partial charge on any atom is -0.495 e. The molecule has 1 atom stereocenters. The van der Waals surface area contributed by atoms with E-state index < -0.39 is 5.92 Å². The average molecular weight is 944 g/mol. The normalized spacial score (nSPS) is 12.0. The Labute approximate surface area is 386 Å². The number of aromatic nitrogens is 13. The zero-order chi connectivity index (χ0) is 44.8. The SMILES string of the molecule is CCc1[nH]c2nc(Sc3cnc4nccnc4c3)nc(Oc3cnc(C(C)c4[nH]c5nc(Sc6ccc7c(N)ncnc7c6)nc(Oc6cncc(OC)c6)c5c4Cl)c(OC)c3)c2c1Cl. The van der Waals surface area contributed by atoms with Crippen molar-refractivity contribution in [2.75, 3.05) is 20.0 Å². The van der Waals surface area contributed by atoms with E-state index in [1.165, 1.54) is 29.9 Å². The van der Waals surface area contributed by atoms with E-state index in [-0.39, 0.29) is 11.8 Å². The standard InChI is InChI=1S/C43H32Cl2N14O4S2/c1-5-26-32(44)30-38(54-26)56-43(65-24-13-28-37(51-17-24)49-9-8-48-28)58-40(30)63-22-11-29(61-4)34(50-16-22)19(2)35-33(45)31-39(55-35)57-42(59-41(31)62-21-10-20(60-3)14-47-15-21)64-23-6-7-25-27(12-23)52-18-53-36(25)46/h6-19H,5H2,1-4H3,(H2,46,52,53)(H,54,56,58)(H,55,57,59). The fourth-order valence-electron chi connectivity index (χ4n) is 7.00. The van der Waals surface area contributed by atoms with Crippen LogP contribution >= 0.6 is 46.7 Å². The Kier molecular flexibility index (Phi) is 11.2. The molecule has 0 saturated carbocycles. The van der Waals surface area contributed by atoms with Gasteiger partial charge in [0.2, 0.25) is 11.8 Å². The highest BCUT2D eigenvalue weighted by atomic mass is 35.5. The lowest BCUT2D eigenvalue weighted by molar-refractivity contribution is 0.397. The molecule has 9 heterocycles. The van der Waals surface area contributed by atoms with Crippen LogP contribution in [0.15, 0.2) is 100 Å². The molecule has 0 aliphatic carbocycles. The summed E-state index contributed by atoms with van der Waals surface area (Å²) < 4.78 is 24.1. The maximum atomic E-state index is 7.24. The molecule has 1 aromatic carbocycles. The molecule has 22 heteroatoms. The first kappa shape index (κ1) is 41.9. The molecule has 0 aliphatic heterocycles. The van der Waals surface area contributed by atoms with E-state index in [0.29, 0.717) is 106 Å². The number of hydrogen-bond acceptors (Lipinski definition) is 18. The zero-order valence-corrected chi connectivity index (χ0v) is 37.6. The number of methoxy groups -OCH3 is 2. The molecule has 324 valence electrons. The van der Waals surface area contributed by atoms with Crippen molar-refractivity contribution in [2.45, 2.75) is 46.3 Å². The van der Waals surface area contributed by atoms with E-state index in [1.54, 1.807) is 63.5 Å². The van der Waals surface area contributed by atoms with Gasteiger partial charge in [0.15, 0.2) is 27.5 Å². The van der Waals surface area contributed by atoms with Gasteiger partial charge in [-0.25, -0.2) is 29.9 Å². The number of aromatic amines is 2. The number of pyridine rings is 3. The van der Waals surface area contributed by atoms with Gasteiger partial charge in [-0.3, -0.25) is 15.0 Å². The summed E-state index contributed by atoms with van der Waals surface area (Å²) >= 11 is 16.7. The molecule has 9 aromatic heterocycles. The molecule has 4 N–H and O–H groups in total. The number of benzene rings is 1. The lowest BCUT2D eigenvalue weighted by Crippen LogP contribution is -2.04. The van der Waals surface area contributed by atoms with E-state index in [9.17, 15) is 0 Å². The van der Waals surface area contributed by atoms with Crippen molar-refractivity contribution in [3.05, 3.63) is 107 Å². The smallest absolute Gasteiger partial charge is 0.234 e. The van der Waals surface area contributed by atoms with Crippen molar-refractivity contribution in [2.24, 2.45) is 0 Å². The third-order valence-electron chi connectivity index (χ3n) is 10.2. The first-order chi connectivity index (χ1) is 31.7. The van der Waals surface area contributed by atoms with Crippen LogP contribution in [-0.2, 0) is 6.42 Å². The molecule has 0 amide bonds. The van der Waals surface area contributed by atoms with E-state index in [1.807, 2.05) is 38.1 Å². The molecule has 0 fully saturated rings. The number of H-pyrrole nitrogens is 2. The number of aryl methyl sites for hydroxylation is 1. The summed E-state index contributed by atoms with van der Waals surface area (Å²) in [5, 5.41) is 3.26. The third kappa shape index (κ3) is 8.16. The number of rotatable bonds is 13. The van der Waals surface area contributed by atoms with Gasteiger partial charge >= 0.3 is 0 Å². The quantitative estimate of drug-likeness (QED) is 0.0912. The maximum absolute atomic E-state index is 7.24. The summed E-state index contributed by atoms with van der Waals surface area (Å²) in [6.07, 6.45) is 11.7. The Bertz CT molecular complexity index is 3470. The molecule has 18 nitrogen and oxygen atoms in total. The molecule has 10 aromatic rings. The number of anilines is 1. The lowest BCUT2D eigenvalue weighted by Gasteiger charge is -2.16. The maximum Gasteiger partial charge on any atom is 0.234 e. The van der Waals surface area contributed by atoms with Crippen LogP contribution in [0.2, 0.25) is 10.0 Å². The van der Waals surface area contributed by atoms with Crippen molar-refractivity contribution in [1.29, 1.82) is 0 Å². The molecule has 0 radical (unpaired) electrons. The van der Waals surface area contributed by atoms with Crippen LogP contribution in [0.4, 0.5) is 5.82 Å². The second-order valence-corrected chi connectivity index (χ2v) is 17.0. The van der Waals surface area contributed by atoms with Crippen LogP contribution in [-0.4, -0.2) is 79.0 Å². The fraction of sp³-hybridized carbons (Fsp3) is 0.140. The Morgan fingerprint density at radius 2 is 1.40 bits per heavy atom. The summed E-state index contributed by atoms with van der Waals surface area (Å²) in [5.74, 6) is 1.98. The molecule has 0 saturated heterocycles. The number of fused-ring (bicyclic) bond motifs is 4. The van der Waals surface area contributed by atoms with Gasteiger partial charge in [-0.1, -0.05) is 37.0 Å². The summed E-state index contributed by atoms with van der Waals surface area (Å²) in [5.41, 5.74) is 10.8. The number of nitrogens with zero attached hydrogens (tertiary/aromatic N) is 11. The summed E-state index contributed by atoms with van der Waals surface area (Å²) in [7, 11) is 3.10. The van der Waals surface area contributed by atoms with Crippen LogP contribution in [0.25, 0.3) is 44.1 Å². The van der Waals surface area contributed by atoms with Gasteiger partial charge < -0.3 is 34.6 Å². The predicted molar refractivity (Wildman–Crippen MR) is 246 cm³/mol. The minimum absolute atomic E-state index is 0.192. The van der Waals surface area contributed by atoms with Gasteiger partial charge in [-0.2, -0.15) is 9.97 Å². The molecule has 65 heavy (non-hydrogen) atoms. The van der Waals surface area contributed by atoms with E-state index in [4.69, 9.17) is 72.8 Å². The first-order valence-electron chi connectivity index (χ1n) is 19.6. The fourth-order valence-corrected chi connectivity index (χ4v) is 9.27. The van der Waals surface area contributed by atoms with Crippen molar-refractivity contribution in [1.82, 2.24) is 64.8 Å². The summed E-state index contributed by atoms with van der Waals surface area (Å²) in [6, 6.07) is 10.9. The van der Waals surface area contributed by atoms with E-state index >= 15 is 0 Å². The number of nitrogens with one attached hydrogen (secondary N) is 2. The Hall–Kier alpha value is -7.13. The topological polar surface area (TPSA) is 236 Å². The number of nitrogens with two attached hydrogens (primary N) is 1. The molecule has 0 spiro atoms. The summed E-state index contributed by atoms with van der Waals surface area (Å²) in [4.78, 5) is 58.2. The molecule has 0 aliphatic rings. The van der Waals surface area contributed by atoms with E-state index in [0.717, 1.165) is 20.9 Å². The van der Waals surface area contributed by atoms with Crippen LogP contribution < -0.4 is 24.7 Å². The van der Waals surface area contributed by atoms with Crippen LogP contribution in [0.5, 0.6) is 34.8 Å². The highest BCUT2D eigenvalue weighted by Gasteiger charge is 2.27. The van der Waals surface area contributed by atoms with Crippen molar-refractivity contribution in [3.63, 3.8) is 0 Å². The average Bonchev–Trinajstić information content (AvgIpc) is 3.83. The van der Waals surface area contributed by atoms with Crippen LogP contribution in [0, 0.1) is 0 Å². The second kappa shape index (κ2) is 17.4. The second-order valence-electron chi connectivity index (χ2n) is 14.2. The van der Waals surface area contributed by atoms with Gasteiger partial charge in [0, 0.05) is 63.2 Å². The molecule has 10 rings (SSSR count). The molecular weight excluding hydrogens is 912 g/mol. The Morgan fingerprint density at radius 3 is 2.17 bits per heavy atom. The van der Waals surface area contributed by atoms with Gasteiger partial charge in [0.25, 0.3) is 0 Å². The number of hydrogen-bond donors (Lipinski definition) is 3. The number of halogens is 2. The lowest BCUT2D eigenvalue weighted by atomic mass is 10.0. The molecule has 1 unspecified atom stereocenters. The first-order valence-corrected chi connectivity index (χ1v) is 22.0. The molecular formula is C43H32Cl2N14O4S2. The Balaban J connectivity index is 0.992. The molecule has 0 bridgehead atoms. The van der Waals surface area contributed by atoms with Crippen LogP contribution in [0.1, 0.15) is 36.8 Å². The van der Waals surface area contributed by atoms with Gasteiger partial charge in [-0.15, -0.1) is 0 Å². The van der Waals surface area contributed by atoms with Gasteiger partial charge in [-0.05, 0) is 54.2 Å². The highest BCUT2D eigenvalue weighted by Crippen LogP contribution is 2.44. The largest absolute Gasteiger partial charge is 0.495 e. The Morgan fingerprint density at radius 1 is 0.692 bits per heavy atom. The third-order valence-corrected chi connectivity index (χ3v) is 12.6. The minimum atomic E-state index is -0.464.